The van der Waals surface area contributed by atoms with E-state index >= 15 is 0 Å². The van der Waals surface area contributed by atoms with E-state index in [1.807, 2.05) is 12.5 Å². The van der Waals surface area contributed by atoms with Gasteiger partial charge in [0.1, 0.15) is 0 Å². The van der Waals surface area contributed by atoms with E-state index in [4.69, 9.17) is 0 Å². The van der Waals surface area contributed by atoms with Gasteiger partial charge in [-0.3, -0.25) is 4.68 Å². The van der Waals surface area contributed by atoms with Crippen LogP contribution >= 0.6 is 11.8 Å². The van der Waals surface area contributed by atoms with Crippen LogP contribution in [0.2, 0.25) is 0 Å². The summed E-state index contributed by atoms with van der Waals surface area (Å²) >= 11 is 1.65. The molecular weight excluding hydrogens is 172 g/mol. The van der Waals surface area contributed by atoms with Gasteiger partial charge in [-0.05, 0) is 20.1 Å². The highest BCUT2D eigenvalue weighted by Gasteiger charge is 2.13. The quantitative estimate of drug-likeness (QED) is 0.725. The lowest BCUT2D eigenvalue weighted by atomic mass is 10.1. The van der Waals surface area contributed by atoms with Crippen molar-refractivity contribution in [3.63, 3.8) is 0 Å². The molecule has 1 heterocycles. The lowest BCUT2D eigenvalue weighted by molar-refractivity contribution is 0.0577. The Hall–Kier alpha value is -0.480. The first-order chi connectivity index (χ1) is 5.51. The maximum atomic E-state index is 9.49. The van der Waals surface area contributed by atoms with Crippen LogP contribution in [0.5, 0.6) is 0 Å². The highest BCUT2D eigenvalue weighted by atomic mass is 32.2. The monoisotopic (exact) mass is 186 g/mol. The van der Waals surface area contributed by atoms with Crippen LogP contribution in [-0.2, 0) is 6.54 Å². The van der Waals surface area contributed by atoms with E-state index in [2.05, 4.69) is 5.10 Å². The summed E-state index contributed by atoms with van der Waals surface area (Å²) in [5.74, 6) is 0. The summed E-state index contributed by atoms with van der Waals surface area (Å²) in [4.78, 5) is 1.12. The van der Waals surface area contributed by atoms with E-state index in [1.165, 1.54) is 0 Å². The molecule has 0 saturated carbocycles. The van der Waals surface area contributed by atoms with E-state index < -0.39 is 5.60 Å². The van der Waals surface area contributed by atoms with Crippen molar-refractivity contribution in [1.82, 2.24) is 9.78 Å². The van der Waals surface area contributed by atoms with Crippen molar-refractivity contribution >= 4 is 11.8 Å². The molecule has 0 radical (unpaired) electrons. The lowest BCUT2D eigenvalue weighted by Crippen LogP contribution is -2.26. The van der Waals surface area contributed by atoms with Crippen LogP contribution in [0.1, 0.15) is 13.8 Å². The summed E-state index contributed by atoms with van der Waals surface area (Å²) in [6, 6.07) is 0. The third-order valence-electron chi connectivity index (χ3n) is 1.39. The highest BCUT2D eigenvalue weighted by molar-refractivity contribution is 7.98. The van der Waals surface area contributed by atoms with Crippen molar-refractivity contribution in [3.8, 4) is 0 Å². The fraction of sp³-hybridized carbons (Fsp3) is 0.625. The minimum Gasteiger partial charge on any atom is -0.389 e. The first-order valence-electron chi connectivity index (χ1n) is 3.80. The zero-order valence-electron chi connectivity index (χ0n) is 7.61. The molecule has 0 saturated heterocycles. The molecule has 0 aliphatic rings. The molecular formula is C8H14N2OS. The molecule has 0 unspecified atom stereocenters. The largest absolute Gasteiger partial charge is 0.389 e. The number of rotatable bonds is 3. The average molecular weight is 186 g/mol. The van der Waals surface area contributed by atoms with Crippen LogP contribution in [0.3, 0.4) is 0 Å². The predicted octanol–water partition coefficient (Wildman–Crippen LogP) is 1.38. The lowest BCUT2D eigenvalue weighted by Gasteiger charge is -2.16. The second kappa shape index (κ2) is 3.49. The Morgan fingerprint density at radius 1 is 1.67 bits per heavy atom. The predicted molar refractivity (Wildman–Crippen MR) is 50.3 cm³/mol. The van der Waals surface area contributed by atoms with Gasteiger partial charge in [0, 0.05) is 11.1 Å². The third kappa shape index (κ3) is 2.87. The molecule has 0 amide bonds. The Kier molecular flexibility index (Phi) is 2.80. The second-order valence-corrected chi connectivity index (χ2v) is 4.27. The van der Waals surface area contributed by atoms with Crippen molar-refractivity contribution in [1.29, 1.82) is 0 Å². The Bertz CT molecular complexity index is 252. The number of aliphatic hydroxyl groups is 1. The molecule has 1 N–H and O–H groups in total. The molecule has 0 atom stereocenters. The second-order valence-electron chi connectivity index (χ2n) is 3.39. The van der Waals surface area contributed by atoms with Gasteiger partial charge in [-0.2, -0.15) is 5.10 Å². The van der Waals surface area contributed by atoms with Gasteiger partial charge in [-0.1, -0.05) is 0 Å². The van der Waals surface area contributed by atoms with Crippen molar-refractivity contribution in [3.05, 3.63) is 12.4 Å². The minimum atomic E-state index is -0.693. The van der Waals surface area contributed by atoms with Gasteiger partial charge in [0.05, 0.1) is 18.3 Å². The normalized spacial score (nSPS) is 12.0. The Morgan fingerprint density at radius 3 is 2.75 bits per heavy atom. The van der Waals surface area contributed by atoms with Crippen molar-refractivity contribution in [2.24, 2.45) is 0 Å². The summed E-state index contributed by atoms with van der Waals surface area (Å²) in [6.07, 6.45) is 5.74. The zero-order chi connectivity index (χ0) is 9.19. The standard InChI is InChI=1S/C8H14N2OS/c1-8(2,11)6-10-5-7(12-3)4-9-10/h4-5,11H,6H2,1-3H3. The van der Waals surface area contributed by atoms with Crippen LogP contribution < -0.4 is 0 Å². The van der Waals surface area contributed by atoms with Gasteiger partial charge in [-0.25, -0.2) is 0 Å². The van der Waals surface area contributed by atoms with Gasteiger partial charge in [0.25, 0.3) is 0 Å². The first kappa shape index (κ1) is 9.61. The summed E-state index contributed by atoms with van der Waals surface area (Å²) in [6.45, 7) is 4.08. The number of hydrogen-bond acceptors (Lipinski definition) is 3. The molecule has 0 fully saturated rings. The molecule has 1 aromatic heterocycles. The summed E-state index contributed by atoms with van der Waals surface area (Å²) in [5, 5.41) is 13.6. The number of nitrogens with zero attached hydrogens (tertiary/aromatic N) is 2. The number of hydrogen-bond donors (Lipinski definition) is 1. The van der Waals surface area contributed by atoms with Crippen molar-refractivity contribution < 1.29 is 5.11 Å². The fourth-order valence-corrected chi connectivity index (χ4v) is 1.31. The van der Waals surface area contributed by atoms with E-state index in [9.17, 15) is 5.11 Å². The maximum Gasteiger partial charge on any atom is 0.0786 e. The maximum absolute atomic E-state index is 9.49. The first-order valence-corrected chi connectivity index (χ1v) is 5.02. The molecule has 68 valence electrons. The molecule has 0 aliphatic carbocycles. The van der Waals surface area contributed by atoms with Crippen LogP contribution in [0, 0.1) is 0 Å². The molecule has 0 bridgehead atoms. The summed E-state index contributed by atoms with van der Waals surface area (Å²) in [5.41, 5.74) is -0.693. The van der Waals surface area contributed by atoms with Crippen molar-refractivity contribution in [2.75, 3.05) is 6.26 Å². The van der Waals surface area contributed by atoms with E-state index in [-0.39, 0.29) is 0 Å². The topological polar surface area (TPSA) is 38.0 Å². The van der Waals surface area contributed by atoms with Gasteiger partial charge in [0.2, 0.25) is 0 Å². The SMILES string of the molecule is CSc1cnn(CC(C)(C)O)c1. The van der Waals surface area contributed by atoms with Crippen LogP contribution in [0.25, 0.3) is 0 Å². The van der Waals surface area contributed by atoms with Crippen LogP contribution in [0.4, 0.5) is 0 Å². The van der Waals surface area contributed by atoms with Gasteiger partial charge in [-0.15, -0.1) is 11.8 Å². The third-order valence-corrected chi connectivity index (χ3v) is 2.08. The zero-order valence-corrected chi connectivity index (χ0v) is 8.43. The molecule has 1 aromatic rings. The Labute approximate surface area is 76.8 Å². The molecule has 0 spiro atoms. The van der Waals surface area contributed by atoms with Gasteiger partial charge in [0.15, 0.2) is 0 Å². The molecule has 12 heavy (non-hydrogen) atoms. The van der Waals surface area contributed by atoms with Gasteiger partial charge >= 0.3 is 0 Å². The molecule has 0 aliphatic heterocycles. The Morgan fingerprint density at radius 2 is 2.33 bits per heavy atom. The smallest absolute Gasteiger partial charge is 0.0786 e. The van der Waals surface area contributed by atoms with E-state index in [1.54, 1.807) is 36.5 Å². The number of thioether (sulfide) groups is 1. The average Bonchev–Trinajstić information content (AvgIpc) is 2.32. The highest BCUT2D eigenvalue weighted by Crippen LogP contribution is 2.13. The summed E-state index contributed by atoms with van der Waals surface area (Å²) < 4.78 is 1.76. The molecule has 1 rings (SSSR count). The van der Waals surface area contributed by atoms with E-state index in [0.29, 0.717) is 6.54 Å². The molecule has 4 heteroatoms. The molecule has 0 aromatic carbocycles. The minimum absolute atomic E-state index is 0.535. The van der Waals surface area contributed by atoms with E-state index in [0.717, 1.165) is 4.90 Å². The molecule has 3 nitrogen and oxygen atoms in total. The van der Waals surface area contributed by atoms with Crippen molar-refractivity contribution in [2.45, 2.75) is 30.9 Å². The fourth-order valence-electron chi connectivity index (χ4n) is 0.933. The number of aromatic nitrogens is 2. The Balaban J connectivity index is 2.64. The van der Waals surface area contributed by atoms with Crippen LogP contribution in [0.15, 0.2) is 17.3 Å². The summed E-state index contributed by atoms with van der Waals surface area (Å²) in [7, 11) is 0. The van der Waals surface area contributed by atoms with Crippen LogP contribution in [-0.4, -0.2) is 26.7 Å². The van der Waals surface area contributed by atoms with Gasteiger partial charge < -0.3 is 5.11 Å².